The first kappa shape index (κ1) is 32.0. The number of fused-ring (bicyclic) bond motifs is 3. The Hall–Kier alpha value is -6.18. The molecule has 0 fully saturated rings. The number of carbonyl (C=O) groups is 2. The van der Waals surface area contributed by atoms with Crippen LogP contribution in [0.1, 0.15) is 54.4 Å². The fraction of sp³-hybridized carbons (Fsp3) is 0.175. The summed E-state index contributed by atoms with van der Waals surface area (Å²) in [6.45, 7) is 2.90. The van der Waals surface area contributed by atoms with E-state index >= 15 is 0 Å². The van der Waals surface area contributed by atoms with Gasteiger partial charge in [0, 0.05) is 53.4 Å². The van der Waals surface area contributed by atoms with E-state index in [2.05, 4.69) is 28.5 Å². The molecule has 0 atom stereocenters. The molecule has 10 bridgehead atoms. The molecule has 0 unspecified atom stereocenters. The third kappa shape index (κ3) is 5.71. The van der Waals surface area contributed by atoms with Crippen molar-refractivity contribution in [2.24, 2.45) is 7.05 Å². The van der Waals surface area contributed by atoms with Gasteiger partial charge in [0.15, 0.2) is 0 Å². The van der Waals surface area contributed by atoms with Gasteiger partial charge in [0.05, 0.1) is 40.5 Å². The van der Waals surface area contributed by atoms with Gasteiger partial charge >= 0.3 is 0 Å². The normalized spacial score (nSPS) is 14.2. The van der Waals surface area contributed by atoms with Crippen molar-refractivity contribution in [3.63, 3.8) is 0 Å². The van der Waals surface area contributed by atoms with Crippen LogP contribution < -0.4 is 4.90 Å². The molecule has 2 aromatic heterocycles. The Morgan fingerprint density at radius 2 is 1.61 bits per heavy atom. The maximum absolute atomic E-state index is 14.8. The van der Waals surface area contributed by atoms with Gasteiger partial charge in [-0.25, -0.2) is 4.68 Å². The average Bonchev–Trinajstić information content (AvgIpc) is 3.74. The van der Waals surface area contributed by atoms with E-state index in [1.807, 2.05) is 35.7 Å². The Labute approximate surface area is 299 Å². The van der Waals surface area contributed by atoms with E-state index in [1.54, 1.807) is 59.3 Å². The van der Waals surface area contributed by atoms with Crippen molar-refractivity contribution in [3.8, 4) is 28.8 Å². The molecule has 0 aliphatic carbocycles. The maximum atomic E-state index is 14.8. The van der Waals surface area contributed by atoms with Crippen LogP contribution in [-0.4, -0.2) is 47.9 Å². The first-order valence-corrected chi connectivity index (χ1v) is 17.0. The summed E-state index contributed by atoms with van der Waals surface area (Å²) in [7, 11) is 1.86. The lowest BCUT2D eigenvalue weighted by atomic mass is 9.91. The highest BCUT2D eigenvalue weighted by Crippen LogP contribution is 2.36. The summed E-state index contributed by atoms with van der Waals surface area (Å²) < 4.78 is 3.51. The fourth-order valence-corrected chi connectivity index (χ4v) is 7.36. The highest BCUT2D eigenvalue weighted by molar-refractivity contribution is 6.31. The number of carbonyl (C=O) groups excluding carboxylic acids is 2. The number of aromatic nitrogens is 4. The second-order valence-electron chi connectivity index (χ2n) is 13.0. The van der Waals surface area contributed by atoms with Gasteiger partial charge in [-0.3, -0.25) is 14.5 Å². The zero-order valence-corrected chi connectivity index (χ0v) is 28.7. The Balaban J connectivity index is 1.35. The van der Waals surface area contributed by atoms with Crippen LogP contribution in [0.15, 0.2) is 91.1 Å². The first-order valence-electron chi connectivity index (χ1n) is 16.6. The minimum atomic E-state index is -0.371. The molecule has 10 nitrogen and oxygen atoms in total. The van der Waals surface area contributed by atoms with Gasteiger partial charge < -0.3 is 14.6 Å². The smallest absolute Gasteiger partial charge is 0.264 e. The van der Waals surface area contributed by atoms with Gasteiger partial charge in [0.25, 0.3) is 11.8 Å². The van der Waals surface area contributed by atoms with Crippen LogP contribution in [0, 0.1) is 18.3 Å². The highest BCUT2D eigenvalue weighted by Gasteiger charge is 2.29. The number of aryl methyl sites for hydroxylation is 2. The summed E-state index contributed by atoms with van der Waals surface area (Å²) in [5, 5.41) is 29.5. The number of aromatic hydroxyl groups is 1. The molecule has 51 heavy (non-hydrogen) atoms. The maximum Gasteiger partial charge on any atom is 0.264 e. The van der Waals surface area contributed by atoms with E-state index in [0.717, 1.165) is 24.1 Å². The van der Waals surface area contributed by atoms with E-state index in [9.17, 15) is 20.0 Å². The van der Waals surface area contributed by atoms with Crippen molar-refractivity contribution in [1.82, 2.24) is 24.5 Å². The van der Waals surface area contributed by atoms with Gasteiger partial charge in [-0.05, 0) is 110 Å². The van der Waals surface area contributed by atoms with Crippen molar-refractivity contribution in [2.75, 3.05) is 11.4 Å². The SMILES string of the molecule is Cc1c2cc(n1C)-c1cc(Cl)ccc1C(=O)N1CCc3c(cccc3C1)CCc1cn(nn1)-c1cc(C#N)cc(c1)N(c1ccc(O)cc1)C2=O. The Bertz CT molecular complexity index is 2420. The van der Waals surface area contributed by atoms with Gasteiger partial charge in [-0.2, -0.15) is 5.26 Å². The molecule has 0 saturated carbocycles. The molecule has 4 aromatic carbocycles. The molecule has 5 heterocycles. The summed E-state index contributed by atoms with van der Waals surface area (Å²) in [6, 6.07) is 27.0. The van der Waals surface area contributed by atoms with Crippen LogP contribution in [0.2, 0.25) is 5.02 Å². The lowest BCUT2D eigenvalue weighted by Gasteiger charge is -2.31. The van der Waals surface area contributed by atoms with Crippen molar-refractivity contribution in [3.05, 3.63) is 141 Å². The molecular formula is C40H32ClN7O3. The second-order valence-corrected chi connectivity index (χ2v) is 13.4. The van der Waals surface area contributed by atoms with E-state index in [1.165, 1.54) is 28.2 Å². The van der Waals surface area contributed by atoms with Gasteiger partial charge in [0.2, 0.25) is 0 Å². The number of rotatable bonds is 1. The summed E-state index contributed by atoms with van der Waals surface area (Å²) in [6.07, 6.45) is 3.97. The predicted octanol–water partition coefficient (Wildman–Crippen LogP) is 7.09. The number of nitriles is 1. The third-order valence-corrected chi connectivity index (χ3v) is 10.2. The molecule has 9 rings (SSSR count). The largest absolute Gasteiger partial charge is 0.508 e. The number of anilines is 2. The molecule has 0 saturated heterocycles. The van der Waals surface area contributed by atoms with Crippen LogP contribution in [0.4, 0.5) is 11.4 Å². The average molecular weight is 694 g/mol. The molecule has 2 amide bonds. The van der Waals surface area contributed by atoms with Gasteiger partial charge in [-0.15, -0.1) is 5.10 Å². The highest BCUT2D eigenvalue weighted by atomic mass is 35.5. The number of amides is 2. The quantitative estimate of drug-likeness (QED) is 0.196. The topological polar surface area (TPSA) is 120 Å². The molecule has 3 aliphatic rings. The molecule has 252 valence electrons. The van der Waals surface area contributed by atoms with Crippen molar-refractivity contribution in [1.29, 1.82) is 5.26 Å². The Kier molecular flexibility index (Phi) is 7.92. The zero-order chi connectivity index (χ0) is 35.4. The lowest BCUT2D eigenvalue weighted by Crippen LogP contribution is -2.36. The summed E-state index contributed by atoms with van der Waals surface area (Å²) in [4.78, 5) is 32.6. The number of hydrogen-bond acceptors (Lipinski definition) is 6. The molecule has 6 aromatic rings. The van der Waals surface area contributed by atoms with Gasteiger partial charge in [-0.1, -0.05) is 35.0 Å². The fourth-order valence-electron chi connectivity index (χ4n) is 7.18. The minimum absolute atomic E-state index is 0.0460. The van der Waals surface area contributed by atoms with Crippen molar-refractivity contribution in [2.45, 2.75) is 32.7 Å². The number of hydrogen-bond donors (Lipinski definition) is 1. The third-order valence-electron chi connectivity index (χ3n) is 9.96. The summed E-state index contributed by atoms with van der Waals surface area (Å²) in [5.41, 5.74) is 8.99. The van der Waals surface area contributed by atoms with E-state index in [-0.39, 0.29) is 17.6 Å². The van der Waals surface area contributed by atoms with E-state index in [4.69, 9.17) is 11.6 Å². The minimum Gasteiger partial charge on any atom is -0.508 e. The predicted molar refractivity (Wildman–Crippen MR) is 194 cm³/mol. The Morgan fingerprint density at radius 3 is 2.41 bits per heavy atom. The molecular weight excluding hydrogens is 662 g/mol. The van der Waals surface area contributed by atoms with Crippen LogP contribution in [0.3, 0.4) is 0 Å². The molecule has 0 radical (unpaired) electrons. The molecule has 1 N–H and O–H groups in total. The zero-order valence-electron chi connectivity index (χ0n) is 28.0. The van der Waals surface area contributed by atoms with Crippen LogP contribution >= 0.6 is 11.6 Å². The van der Waals surface area contributed by atoms with E-state index < -0.39 is 0 Å². The molecule has 11 heteroatoms. The van der Waals surface area contributed by atoms with Gasteiger partial charge in [0.1, 0.15) is 5.75 Å². The van der Waals surface area contributed by atoms with E-state index in [0.29, 0.717) is 75.2 Å². The Morgan fingerprint density at radius 1 is 0.824 bits per heavy atom. The van der Waals surface area contributed by atoms with Crippen LogP contribution in [0.5, 0.6) is 5.75 Å². The second kappa shape index (κ2) is 12.6. The number of phenols is 1. The lowest BCUT2D eigenvalue weighted by molar-refractivity contribution is 0.0735. The number of benzene rings is 4. The number of nitrogens with zero attached hydrogens (tertiary/aromatic N) is 7. The van der Waals surface area contributed by atoms with Crippen LogP contribution in [0.25, 0.3) is 16.9 Å². The van der Waals surface area contributed by atoms with Crippen molar-refractivity contribution < 1.29 is 14.7 Å². The number of phenolic OH excluding ortho intramolecular Hbond substituents is 1. The monoisotopic (exact) mass is 693 g/mol. The number of halogens is 1. The summed E-state index contributed by atoms with van der Waals surface area (Å²) in [5.74, 6) is -0.438. The standard InChI is InChI=1S/C40H32ClN7O3/c1-24-36-20-38(45(24)2)37-18-28(41)7-13-35(37)39(50)46-15-14-34-26(4-3-5-27(34)22-46)6-8-29-23-47(44-43-29)31-16-25(21-42)17-32(19-31)48(40(36)51)30-9-11-33(49)12-10-30/h3-5,7,9-13,16-20,23,49H,6,8,14-15,22H2,1-2H3. The molecule has 0 spiro atoms. The first-order chi connectivity index (χ1) is 24.7. The molecule has 3 aliphatic heterocycles. The summed E-state index contributed by atoms with van der Waals surface area (Å²) >= 11 is 6.57. The van der Waals surface area contributed by atoms with Crippen molar-refractivity contribution >= 4 is 34.8 Å². The van der Waals surface area contributed by atoms with Crippen LogP contribution in [-0.2, 0) is 32.9 Å².